The standard InChI is InChI=1S/C24H23N3O2/c25-23(29)20-14-21(28)27(24(26-20)19-4-2-1-3-5-19)22(18-12-13-18)17-10-8-16(9-11-17)15-6-7-15/h1-5,8-11,14-15,18,22H,6-7,12-13H2,(H2,25,29)/t22-/m0/s1. The summed E-state index contributed by atoms with van der Waals surface area (Å²) in [4.78, 5) is 29.4. The number of nitrogens with two attached hydrogens (primary N) is 1. The lowest BCUT2D eigenvalue weighted by Gasteiger charge is -2.24. The average molecular weight is 385 g/mol. The molecule has 2 aliphatic rings. The Kier molecular flexibility index (Phi) is 4.31. The van der Waals surface area contributed by atoms with Crippen LogP contribution in [0.25, 0.3) is 11.4 Å². The van der Waals surface area contributed by atoms with E-state index in [2.05, 4.69) is 29.2 Å². The molecule has 5 heteroatoms. The van der Waals surface area contributed by atoms with Crippen LogP contribution in [-0.2, 0) is 0 Å². The first-order chi connectivity index (χ1) is 14.1. The van der Waals surface area contributed by atoms with Crippen LogP contribution in [-0.4, -0.2) is 15.5 Å². The van der Waals surface area contributed by atoms with Gasteiger partial charge < -0.3 is 5.73 Å². The monoisotopic (exact) mass is 385 g/mol. The topological polar surface area (TPSA) is 78.0 Å². The number of amides is 1. The van der Waals surface area contributed by atoms with Crippen LogP contribution in [0.15, 0.2) is 65.5 Å². The molecule has 1 atom stereocenters. The Labute approximate surface area is 169 Å². The quantitative estimate of drug-likeness (QED) is 0.699. The smallest absolute Gasteiger partial charge is 0.267 e. The zero-order valence-corrected chi connectivity index (χ0v) is 16.1. The van der Waals surface area contributed by atoms with Crippen molar-refractivity contribution in [3.8, 4) is 11.4 Å². The number of hydrogen-bond acceptors (Lipinski definition) is 3. The summed E-state index contributed by atoms with van der Waals surface area (Å²) in [6.45, 7) is 0. The number of hydrogen-bond donors (Lipinski definition) is 1. The third-order valence-corrected chi connectivity index (χ3v) is 5.91. The van der Waals surface area contributed by atoms with E-state index in [9.17, 15) is 9.59 Å². The Morgan fingerprint density at radius 3 is 2.28 bits per heavy atom. The van der Waals surface area contributed by atoms with Crippen LogP contribution in [0.1, 0.15) is 59.3 Å². The molecule has 1 aromatic heterocycles. The summed E-state index contributed by atoms with van der Waals surface area (Å²) >= 11 is 0. The van der Waals surface area contributed by atoms with E-state index < -0.39 is 5.91 Å². The van der Waals surface area contributed by atoms with Crippen LogP contribution in [0.3, 0.4) is 0 Å². The molecule has 0 bridgehead atoms. The molecule has 5 rings (SSSR count). The van der Waals surface area contributed by atoms with Gasteiger partial charge >= 0.3 is 0 Å². The minimum absolute atomic E-state index is 0.00345. The second-order valence-electron chi connectivity index (χ2n) is 8.13. The van der Waals surface area contributed by atoms with Crippen molar-refractivity contribution < 1.29 is 4.79 Å². The summed E-state index contributed by atoms with van der Waals surface area (Å²) in [7, 11) is 0. The molecule has 0 radical (unpaired) electrons. The van der Waals surface area contributed by atoms with Gasteiger partial charge in [0.2, 0.25) is 0 Å². The number of primary amides is 1. The molecule has 5 nitrogen and oxygen atoms in total. The number of carbonyl (C=O) groups excluding carboxylic acids is 1. The Bertz CT molecular complexity index is 1110. The summed E-state index contributed by atoms with van der Waals surface area (Å²) in [6, 6.07) is 19.4. The molecule has 2 fully saturated rings. The van der Waals surface area contributed by atoms with Crippen molar-refractivity contribution in [3.63, 3.8) is 0 Å². The third kappa shape index (κ3) is 3.48. The summed E-state index contributed by atoms with van der Waals surface area (Å²) in [5.41, 5.74) is 8.49. The van der Waals surface area contributed by atoms with Crippen molar-refractivity contribution in [3.05, 3.63) is 87.8 Å². The van der Waals surface area contributed by atoms with Gasteiger partial charge in [-0.3, -0.25) is 14.2 Å². The van der Waals surface area contributed by atoms with Crippen molar-refractivity contribution in [1.29, 1.82) is 0 Å². The van der Waals surface area contributed by atoms with Gasteiger partial charge in [-0.15, -0.1) is 0 Å². The molecular formula is C24H23N3O2. The van der Waals surface area contributed by atoms with E-state index in [1.54, 1.807) is 4.57 Å². The van der Waals surface area contributed by atoms with Crippen LogP contribution < -0.4 is 11.3 Å². The lowest BCUT2D eigenvalue weighted by Crippen LogP contribution is -2.31. The molecule has 0 unspecified atom stereocenters. The van der Waals surface area contributed by atoms with Gasteiger partial charge in [0, 0.05) is 11.6 Å². The zero-order valence-electron chi connectivity index (χ0n) is 16.1. The highest BCUT2D eigenvalue weighted by molar-refractivity contribution is 5.91. The van der Waals surface area contributed by atoms with E-state index in [0.29, 0.717) is 17.7 Å². The predicted molar refractivity (Wildman–Crippen MR) is 112 cm³/mol. The number of carbonyl (C=O) groups is 1. The van der Waals surface area contributed by atoms with Gasteiger partial charge in [-0.25, -0.2) is 4.98 Å². The van der Waals surface area contributed by atoms with Crippen LogP contribution in [0, 0.1) is 5.92 Å². The molecule has 0 aliphatic heterocycles. The van der Waals surface area contributed by atoms with Gasteiger partial charge in [0.15, 0.2) is 0 Å². The molecule has 2 N–H and O–H groups in total. The van der Waals surface area contributed by atoms with E-state index in [1.807, 2.05) is 30.3 Å². The fourth-order valence-corrected chi connectivity index (χ4v) is 4.10. The minimum atomic E-state index is -0.691. The highest BCUT2D eigenvalue weighted by Crippen LogP contribution is 2.45. The molecule has 2 aromatic carbocycles. The number of benzene rings is 2. The summed E-state index contributed by atoms with van der Waals surface area (Å²) in [5, 5.41) is 0. The van der Waals surface area contributed by atoms with E-state index in [0.717, 1.165) is 24.0 Å². The number of rotatable bonds is 6. The van der Waals surface area contributed by atoms with Crippen LogP contribution >= 0.6 is 0 Å². The van der Waals surface area contributed by atoms with Crippen molar-refractivity contribution >= 4 is 5.91 Å². The molecule has 0 saturated heterocycles. The van der Waals surface area contributed by atoms with Crippen LogP contribution in [0.2, 0.25) is 0 Å². The molecule has 1 amide bonds. The largest absolute Gasteiger partial charge is 0.364 e. The molecule has 146 valence electrons. The average Bonchev–Trinajstić information content (AvgIpc) is 3.64. The number of nitrogens with zero attached hydrogens (tertiary/aromatic N) is 2. The molecule has 3 aromatic rings. The van der Waals surface area contributed by atoms with E-state index >= 15 is 0 Å². The SMILES string of the molecule is NC(=O)c1cc(=O)n([C@@H](c2ccc(C3CC3)cc2)C2CC2)c(-c2ccccc2)n1. The first-order valence-electron chi connectivity index (χ1n) is 10.2. The van der Waals surface area contributed by atoms with E-state index in [1.165, 1.54) is 24.5 Å². The fraction of sp³-hybridized carbons (Fsp3) is 0.292. The second-order valence-corrected chi connectivity index (χ2v) is 8.13. The van der Waals surface area contributed by atoms with E-state index in [-0.39, 0.29) is 17.3 Å². The third-order valence-electron chi connectivity index (χ3n) is 5.91. The van der Waals surface area contributed by atoms with Crippen molar-refractivity contribution in [1.82, 2.24) is 9.55 Å². The Morgan fingerprint density at radius 1 is 1.00 bits per heavy atom. The Morgan fingerprint density at radius 2 is 1.69 bits per heavy atom. The summed E-state index contributed by atoms with van der Waals surface area (Å²) in [6.07, 6.45) is 4.68. The first-order valence-corrected chi connectivity index (χ1v) is 10.2. The van der Waals surface area contributed by atoms with Crippen LogP contribution in [0.5, 0.6) is 0 Å². The second kappa shape index (κ2) is 6.99. The lowest BCUT2D eigenvalue weighted by atomic mass is 9.98. The molecule has 2 saturated carbocycles. The molecule has 0 spiro atoms. The van der Waals surface area contributed by atoms with Gasteiger partial charge in [-0.2, -0.15) is 0 Å². The highest BCUT2D eigenvalue weighted by Gasteiger charge is 2.36. The van der Waals surface area contributed by atoms with Crippen molar-refractivity contribution in [2.24, 2.45) is 11.7 Å². The molecule has 2 aliphatic carbocycles. The van der Waals surface area contributed by atoms with Gasteiger partial charge in [0.05, 0.1) is 6.04 Å². The maximum atomic E-state index is 13.2. The minimum Gasteiger partial charge on any atom is -0.364 e. The van der Waals surface area contributed by atoms with Crippen LogP contribution in [0.4, 0.5) is 0 Å². The zero-order chi connectivity index (χ0) is 20.0. The maximum Gasteiger partial charge on any atom is 0.267 e. The molecule has 1 heterocycles. The maximum absolute atomic E-state index is 13.2. The Balaban J connectivity index is 1.67. The molecule has 29 heavy (non-hydrogen) atoms. The van der Waals surface area contributed by atoms with Gasteiger partial charge in [0.1, 0.15) is 11.5 Å². The summed E-state index contributed by atoms with van der Waals surface area (Å²) in [5.74, 6) is 0.893. The van der Waals surface area contributed by atoms with Gasteiger partial charge in [-0.05, 0) is 48.6 Å². The fourth-order valence-electron chi connectivity index (χ4n) is 4.10. The Hall–Kier alpha value is -3.21. The number of aromatic nitrogens is 2. The van der Waals surface area contributed by atoms with E-state index in [4.69, 9.17) is 5.73 Å². The molecular weight excluding hydrogens is 362 g/mol. The van der Waals surface area contributed by atoms with Crippen molar-refractivity contribution in [2.45, 2.75) is 37.6 Å². The summed E-state index contributed by atoms with van der Waals surface area (Å²) < 4.78 is 1.76. The normalized spacial score (nSPS) is 17.1. The predicted octanol–water partition coefficient (Wildman–Crippen LogP) is 3.89. The van der Waals surface area contributed by atoms with Gasteiger partial charge in [0.25, 0.3) is 11.5 Å². The lowest BCUT2D eigenvalue weighted by molar-refractivity contribution is 0.0995. The first kappa shape index (κ1) is 17.9. The van der Waals surface area contributed by atoms with Crippen molar-refractivity contribution in [2.75, 3.05) is 0 Å². The highest BCUT2D eigenvalue weighted by atomic mass is 16.1. The van der Waals surface area contributed by atoms with Gasteiger partial charge in [-0.1, -0.05) is 54.6 Å².